The van der Waals surface area contributed by atoms with Crippen LogP contribution in [0.5, 0.6) is 5.75 Å². The topological polar surface area (TPSA) is 108 Å². The molecule has 2 heterocycles. The van der Waals surface area contributed by atoms with Gasteiger partial charge in [0.25, 0.3) is 0 Å². The molecule has 1 fully saturated rings. The summed E-state index contributed by atoms with van der Waals surface area (Å²) in [5.74, 6) is -0.648. The molecule has 1 aliphatic rings. The van der Waals surface area contributed by atoms with Crippen LogP contribution in [0.3, 0.4) is 0 Å². The Morgan fingerprint density at radius 2 is 1.77 bits per heavy atom. The van der Waals surface area contributed by atoms with E-state index in [9.17, 15) is 27.5 Å². The lowest BCUT2D eigenvalue weighted by Crippen LogP contribution is -2.37. The molecule has 0 aliphatic carbocycles. The van der Waals surface area contributed by atoms with Gasteiger partial charge in [-0.05, 0) is 76.3 Å². The summed E-state index contributed by atoms with van der Waals surface area (Å²) >= 11 is 0. The second kappa shape index (κ2) is 10.7. The molecule has 1 saturated heterocycles. The highest BCUT2D eigenvalue weighted by molar-refractivity contribution is 7.91. The Morgan fingerprint density at radius 1 is 1.12 bits per heavy atom. The van der Waals surface area contributed by atoms with Crippen molar-refractivity contribution in [2.75, 3.05) is 18.1 Å². The zero-order valence-electron chi connectivity index (χ0n) is 23.4. The van der Waals surface area contributed by atoms with Gasteiger partial charge in [0.15, 0.2) is 5.78 Å². The van der Waals surface area contributed by atoms with Gasteiger partial charge in [0.05, 0.1) is 39.9 Å². The summed E-state index contributed by atoms with van der Waals surface area (Å²) in [4.78, 5) is 27.2. The van der Waals surface area contributed by atoms with E-state index in [4.69, 9.17) is 4.74 Å². The minimum Gasteiger partial charge on any atom is -0.490 e. The van der Waals surface area contributed by atoms with Crippen molar-refractivity contribution in [1.82, 2.24) is 9.13 Å². The largest absolute Gasteiger partial charge is 0.490 e. The molecule has 1 aliphatic heterocycles. The number of fused-ring (bicyclic) bond motifs is 1. The van der Waals surface area contributed by atoms with E-state index in [0.29, 0.717) is 29.4 Å². The highest BCUT2D eigenvalue weighted by Gasteiger charge is 2.36. The predicted octanol–water partition coefficient (Wildman–Crippen LogP) is 4.79. The molecule has 0 bridgehead atoms. The smallest absolute Gasteiger partial charge is 0.334 e. The number of nitrogens with zero attached hydrogens (tertiary/aromatic N) is 2. The number of hydrogen-bond donors (Lipinski definition) is 1. The van der Waals surface area contributed by atoms with Gasteiger partial charge in [-0.3, -0.25) is 13.9 Å². The molecule has 0 radical (unpaired) electrons. The van der Waals surface area contributed by atoms with Crippen LogP contribution in [0.15, 0.2) is 41.2 Å². The molecule has 1 N–H and O–H groups in total. The third-order valence-corrected chi connectivity index (χ3v) is 9.52. The molecule has 2 aromatic carbocycles. The van der Waals surface area contributed by atoms with Crippen molar-refractivity contribution < 1.29 is 31.8 Å². The normalized spacial score (nSPS) is 18.4. The standard InChI is InChI=1S/C29H36F2N2O6S/c1-18(30)17-39-21-7-8-22(31)24(15-21)33-23-9-6-20(14-25(23)32(27(33)35)19(2)28(3,4)36)26(34)16-29(5)10-12-40(37,38)13-11-29/h6-9,14-15,18-19,36H,10-13,16-17H2,1-5H3/t18?,19-/m1/s1. The maximum absolute atomic E-state index is 15.1. The fourth-order valence-corrected chi connectivity index (χ4v) is 6.79. The first kappa shape index (κ1) is 29.9. The van der Waals surface area contributed by atoms with E-state index in [-0.39, 0.29) is 41.8 Å². The van der Waals surface area contributed by atoms with E-state index in [1.54, 1.807) is 39.0 Å². The van der Waals surface area contributed by atoms with E-state index in [0.717, 1.165) is 10.6 Å². The average Bonchev–Trinajstić information content (AvgIpc) is 3.15. The number of ketones is 1. The maximum Gasteiger partial charge on any atom is 0.334 e. The Kier molecular flexibility index (Phi) is 8.03. The van der Waals surface area contributed by atoms with E-state index < -0.39 is 44.6 Å². The number of carbonyl (C=O) groups excluding carboxylic acids is 1. The summed E-state index contributed by atoms with van der Waals surface area (Å²) in [7, 11) is -3.09. The lowest BCUT2D eigenvalue weighted by atomic mass is 9.78. The fourth-order valence-electron chi connectivity index (χ4n) is 4.98. The van der Waals surface area contributed by atoms with Crippen LogP contribution in [0.2, 0.25) is 0 Å². The molecule has 1 unspecified atom stereocenters. The SMILES string of the molecule is CC(F)COc1ccc(F)c(-n2c(=O)n([C@H](C)C(C)(C)O)c3cc(C(=O)CC4(C)CCS(=O)(=O)CC4)ccc32)c1. The van der Waals surface area contributed by atoms with Gasteiger partial charge in [-0.25, -0.2) is 22.0 Å². The minimum atomic E-state index is -3.09. The summed E-state index contributed by atoms with van der Waals surface area (Å²) in [6.45, 7) is 7.74. The first-order valence-corrected chi connectivity index (χ1v) is 15.1. The lowest BCUT2D eigenvalue weighted by Gasteiger charge is -2.32. The molecule has 1 aromatic heterocycles. The number of Topliss-reactive ketones (excluding diaryl/α,β-unsaturated/α-hetero) is 1. The molecule has 4 rings (SSSR count). The molecule has 3 aromatic rings. The van der Waals surface area contributed by atoms with Crippen LogP contribution >= 0.6 is 0 Å². The van der Waals surface area contributed by atoms with Crippen molar-refractivity contribution in [2.45, 2.75) is 71.7 Å². The Hall–Kier alpha value is -3.05. The van der Waals surface area contributed by atoms with Gasteiger partial charge < -0.3 is 9.84 Å². The average molecular weight is 579 g/mol. The van der Waals surface area contributed by atoms with Gasteiger partial charge in [0.1, 0.15) is 34.2 Å². The number of aromatic nitrogens is 2. The van der Waals surface area contributed by atoms with Crippen molar-refractivity contribution in [3.63, 3.8) is 0 Å². The van der Waals surface area contributed by atoms with Crippen LogP contribution < -0.4 is 10.4 Å². The number of ether oxygens (including phenoxy) is 1. The Bertz CT molecular complexity index is 1590. The van der Waals surface area contributed by atoms with Crippen LogP contribution in [-0.2, 0) is 9.84 Å². The monoisotopic (exact) mass is 578 g/mol. The van der Waals surface area contributed by atoms with E-state index in [1.165, 1.54) is 23.6 Å². The minimum absolute atomic E-state index is 0.0416. The number of halogens is 2. The number of hydrogen-bond acceptors (Lipinski definition) is 6. The summed E-state index contributed by atoms with van der Waals surface area (Å²) in [6, 6.07) is 7.71. The zero-order valence-corrected chi connectivity index (χ0v) is 24.2. The van der Waals surface area contributed by atoms with Crippen molar-refractivity contribution in [3.05, 3.63) is 58.3 Å². The Balaban J connectivity index is 1.82. The third-order valence-electron chi connectivity index (χ3n) is 7.86. The molecule has 0 spiro atoms. The maximum atomic E-state index is 15.1. The summed E-state index contributed by atoms with van der Waals surface area (Å²) in [5, 5.41) is 10.8. The molecular formula is C29H36F2N2O6S. The molecular weight excluding hydrogens is 542 g/mol. The van der Waals surface area contributed by atoms with Crippen LogP contribution in [0.4, 0.5) is 8.78 Å². The number of imidazole rings is 1. The van der Waals surface area contributed by atoms with E-state index in [2.05, 4.69) is 0 Å². The quantitative estimate of drug-likeness (QED) is 0.366. The van der Waals surface area contributed by atoms with Crippen molar-refractivity contribution in [3.8, 4) is 11.4 Å². The van der Waals surface area contributed by atoms with Gasteiger partial charge in [0, 0.05) is 18.1 Å². The van der Waals surface area contributed by atoms with Gasteiger partial charge in [-0.2, -0.15) is 0 Å². The van der Waals surface area contributed by atoms with Crippen molar-refractivity contribution >= 4 is 26.7 Å². The fraction of sp³-hybridized carbons (Fsp3) is 0.517. The van der Waals surface area contributed by atoms with Gasteiger partial charge in [-0.1, -0.05) is 6.92 Å². The molecule has 0 saturated carbocycles. The van der Waals surface area contributed by atoms with Crippen molar-refractivity contribution in [2.24, 2.45) is 5.41 Å². The van der Waals surface area contributed by atoms with Crippen LogP contribution in [0, 0.1) is 11.2 Å². The van der Waals surface area contributed by atoms with E-state index in [1.807, 2.05) is 6.92 Å². The molecule has 8 nitrogen and oxygen atoms in total. The lowest BCUT2D eigenvalue weighted by molar-refractivity contribution is 0.0307. The molecule has 218 valence electrons. The highest BCUT2D eigenvalue weighted by Crippen LogP contribution is 2.37. The number of aliphatic hydroxyl groups is 1. The highest BCUT2D eigenvalue weighted by atomic mass is 32.2. The summed E-state index contributed by atoms with van der Waals surface area (Å²) in [5.41, 5.74) is -1.60. The zero-order chi connectivity index (χ0) is 29.6. The third kappa shape index (κ3) is 6.15. The van der Waals surface area contributed by atoms with Crippen LogP contribution in [0.25, 0.3) is 16.7 Å². The Morgan fingerprint density at radius 3 is 2.38 bits per heavy atom. The number of alkyl halides is 1. The second-order valence-corrected chi connectivity index (χ2v) is 14.1. The number of benzene rings is 2. The summed E-state index contributed by atoms with van der Waals surface area (Å²) in [6.07, 6.45) is -0.332. The second-order valence-electron chi connectivity index (χ2n) is 11.8. The van der Waals surface area contributed by atoms with Gasteiger partial charge in [-0.15, -0.1) is 0 Å². The number of sulfone groups is 1. The van der Waals surface area contributed by atoms with Crippen molar-refractivity contribution in [1.29, 1.82) is 0 Å². The predicted molar refractivity (Wildman–Crippen MR) is 150 cm³/mol. The summed E-state index contributed by atoms with van der Waals surface area (Å²) < 4.78 is 60.1. The van der Waals surface area contributed by atoms with Gasteiger partial charge in [0.2, 0.25) is 0 Å². The molecule has 11 heteroatoms. The molecule has 40 heavy (non-hydrogen) atoms. The molecule has 2 atom stereocenters. The van der Waals surface area contributed by atoms with Crippen LogP contribution in [-0.4, -0.2) is 58.3 Å². The first-order chi connectivity index (χ1) is 18.5. The molecule has 0 amide bonds. The van der Waals surface area contributed by atoms with Gasteiger partial charge >= 0.3 is 5.69 Å². The van der Waals surface area contributed by atoms with Crippen LogP contribution in [0.1, 0.15) is 70.3 Å². The number of rotatable bonds is 9. The first-order valence-electron chi connectivity index (χ1n) is 13.3. The Labute approximate surface area is 232 Å². The number of carbonyl (C=O) groups is 1. The van der Waals surface area contributed by atoms with E-state index >= 15 is 4.39 Å².